The Bertz CT molecular complexity index is 377. The first kappa shape index (κ1) is 9.98. The molecular weight excluding hydrogens is 192 g/mol. The summed E-state index contributed by atoms with van der Waals surface area (Å²) in [6.45, 7) is 2.62. The second-order valence-electron chi connectivity index (χ2n) is 3.47. The Morgan fingerprint density at radius 3 is 3.07 bits per heavy atom. The van der Waals surface area contributed by atoms with Gasteiger partial charge in [0.25, 0.3) is 0 Å². The van der Waals surface area contributed by atoms with Gasteiger partial charge in [0, 0.05) is 25.3 Å². The summed E-state index contributed by atoms with van der Waals surface area (Å²) in [5.41, 5.74) is 2.80. The normalized spacial score (nSPS) is 14.7. The van der Waals surface area contributed by atoms with Crippen LogP contribution in [-0.2, 0) is 11.3 Å². The highest BCUT2D eigenvalue weighted by molar-refractivity contribution is 5.90. The molecule has 4 heteroatoms. The molecule has 0 saturated heterocycles. The van der Waals surface area contributed by atoms with Crippen LogP contribution in [0.15, 0.2) is 18.2 Å². The average molecular weight is 206 g/mol. The Morgan fingerprint density at radius 1 is 1.40 bits per heavy atom. The minimum absolute atomic E-state index is 0.290. The van der Waals surface area contributed by atoms with Gasteiger partial charge in [-0.2, -0.15) is 0 Å². The van der Waals surface area contributed by atoms with E-state index in [0.29, 0.717) is 5.56 Å². The van der Waals surface area contributed by atoms with E-state index in [2.05, 4.69) is 15.4 Å². The highest BCUT2D eigenvalue weighted by Crippen LogP contribution is 2.19. The van der Waals surface area contributed by atoms with E-state index in [1.807, 2.05) is 12.1 Å². The van der Waals surface area contributed by atoms with Gasteiger partial charge in [0.2, 0.25) is 0 Å². The van der Waals surface area contributed by atoms with E-state index in [4.69, 9.17) is 0 Å². The molecule has 1 aromatic carbocycles. The van der Waals surface area contributed by atoms with Crippen LogP contribution in [0.25, 0.3) is 0 Å². The molecule has 0 spiro atoms. The zero-order chi connectivity index (χ0) is 10.7. The van der Waals surface area contributed by atoms with Gasteiger partial charge in [-0.15, -0.1) is 0 Å². The number of methoxy groups -OCH3 is 1. The maximum absolute atomic E-state index is 11.3. The van der Waals surface area contributed by atoms with Gasteiger partial charge in [0.1, 0.15) is 0 Å². The minimum atomic E-state index is -0.290. The predicted molar refractivity (Wildman–Crippen MR) is 58.0 cm³/mol. The highest BCUT2D eigenvalue weighted by atomic mass is 16.5. The second-order valence-corrected chi connectivity index (χ2v) is 3.47. The number of rotatable bonds is 1. The first-order valence-corrected chi connectivity index (χ1v) is 4.97. The molecule has 1 aromatic rings. The predicted octanol–water partition coefficient (Wildman–Crippen LogP) is 0.988. The molecule has 15 heavy (non-hydrogen) atoms. The number of benzene rings is 1. The molecule has 0 aliphatic carbocycles. The summed E-state index contributed by atoms with van der Waals surface area (Å²) in [5, 5.41) is 6.57. The van der Waals surface area contributed by atoms with E-state index in [-0.39, 0.29) is 5.97 Å². The number of hydrogen-bond acceptors (Lipinski definition) is 4. The van der Waals surface area contributed by atoms with Gasteiger partial charge in [-0.05, 0) is 23.8 Å². The van der Waals surface area contributed by atoms with Crippen molar-refractivity contribution < 1.29 is 9.53 Å². The van der Waals surface area contributed by atoms with Gasteiger partial charge in [0.05, 0.1) is 12.7 Å². The van der Waals surface area contributed by atoms with Gasteiger partial charge in [-0.25, -0.2) is 4.79 Å². The third-order valence-corrected chi connectivity index (χ3v) is 2.46. The van der Waals surface area contributed by atoms with E-state index in [9.17, 15) is 4.79 Å². The fourth-order valence-corrected chi connectivity index (χ4v) is 1.67. The van der Waals surface area contributed by atoms with Crippen molar-refractivity contribution in [1.29, 1.82) is 0 Å². The van der Waals surface area contributed by atoms with Crippen molar-refractivity contribution in [3.63, 3.8) is 0 Å². The Hall–Kier alpha value is -1.55. The lowest BCUT2D eigenvalue weighted by Gasteiger charge is -2.08. The molecule has 0 bridgehead atoms. The molecule has 0 aromatic heterocycles. The monoisotopic (exact) mass is 206 g/mol. The van der Waals surface area contributed by atoms with Crippen molar-refractivity contribution in [2.75, 3.05) is 25.5 Å². The van der Waals surface area contributed by atoms with Gasteiger partial charge in [0.15, 0.2) is 0 Å². The summed E-state index contributed by atoms with van der Waals surface area (Å²) in [5.74, 6) is -0.290. The van der Waals surface area contributed by atoms with E-state index in [1.165, 1.54) is 7.11 Å². The summed E-state index contributed by atoms with van der Waals surface area (Å²) in [6, 6.07) is 5.57. The number of carbonyl (C=O) groups excluding carboxylic acids is 1. The van der Waals surface area contributed by atoms with Crippen molar-refractivity contribution >= 4 is 11.7 Å². The van der Waals surface area contributed by atoms with Crippen LogP contribution in [0, 0.1) is 0 Å². The van der Waals surface area contributed by atoms with Crippen LogP contribution < -0.4 is 10.6 Å². The highest BCUT2D eigenvalue weighted by Gasteiger charge is 2.11. The Morgan fingerprint density at radius 2 is 2.27 bits per heavy atom. The topological polar surface area (TPSA) is 50.4 Å². The fourth-order valence-electron chi connectivity index (χ4n) is 1.67. The number of fused-ring (bicyclic) bond motifs is 1. The molecule has 0 atom stereocenters. The molecule has 80 valence electrons. The van der Waals surface area contributed by atoms with Gasteiger partial charge >= 0.3 is 5.97 Å². The second kappa shape index (κ2) is 4.31. The smallest absolute Gasteiger partial charge is 0.337 e. The number of ether oxygens (including phenoxy) is 1. The average Bonchev–Trinajstić information content (AvgIpc) is 2.51. The molecule has 2 N–H and O–H groups in total. The Kier molecular flexibility index (Phi) is 2.87. The number of nitrogens with one attached hydrogen (secondary N) is 2. The van der Waals surface area contributed by atoms with Gasteiger partial charge in [-0.3, -0.25) is 0 Å². The number of hydrogen-bond donors (Lipinski definition) is 2. The minimum Gasteiger partial charge on any atom is -0.465 e. The summed E-state index contributed by atoms with van der Waals surface area (Å²) in [4.78, 5) is 11.3. The molecule has 1 heterocycles. The van der Waals surface area contributed by atoms with Gasteiger partial charge < -0.3 is 15.4 Å². The van der Waals surface area contributed by atoms with Crippen molar-refractivity contribution in [3.05, 3.63) is 29.3 Å². The molecular formula is C11H14N2O2. The molecule has 0 unspecified atom stereocenters. The number of anilines is 1. The third-order valence-electron chi connectivity index (χ3n) is 2.46. The number of esters is 1. The van der Waals surface area contributed by atoms with Crippen LogP contribution in [-0.4, -0.2) is 26.2 Å². The zero-order valence-electron chi connectivity index (χ0n) is 8.67. The van der Waals surface area contributed by atoms with Crippen LogP contribution >= 0.6 is 0 Å². The molecule has 0 saturated carbocycles. The molecule has 0 fully saturated rings. The van der Waals surface area contributed by atoms with E-state index in [0.717, 1.165) is 30.9 Å². The third kappa shape index (κ3) is 2.10. The molecule has 0 amide bonds. The van der Waals surface area contributed by atoms with Crippen LogP contribution in [0.4, 0.5) is 5.69 Å². The van der Waals surface area contributed by atoms with Crippen molar-refractivity contribution in [3.8, 4) is 0 Å². The first-order chi connectivity index (χ1) is 7.31. The van der Waals surface area contributed by atoms with Crippen LogP contribution in [0.1, 0.15) is 15.9 Å². The first-order valence-electron chi connectivity index (χ1n) is 4.97. The van der Waals surface area contributed by atoms with Crippen LogP contribution in [0.3, 0.4) is 0 Å². The molecule has 1 aliphatic heterocycles. The quantitative estimate of drug-likeness (QED) is 0.673. The summed E-state index contributed by atoms with van der Waals surface area (Å²) in [6.07, 6.45) is 0. The van der Waals surface area contributed by atoms with Crippen LogP contribution in [0.5, 0.6) is 0 Å². The van der Waals surface area contributed by atoms with Crippen LogP contribution in [0.2, 0.25) is 0 Å². The lowest BCUT2D eigenvalue weighted by molar-refractivity contribution is 0.0600. The maximum atomic E-state index is 11.3. The lowest BCUT2D eigenvalue weighted by Crippen LogP contribution is -2.16. The summed E-state index contributed by atoms with van der Waals surface area (Å²) < 4.78 is 4.68. The molecule has 1 aliphatic rings. The van der Waals surface area contributed by atoms with Gasteiger partial charge in [-0.1, -0.05) is 0 Å². The summed E-state index contributed by atoms with van der Waals surface area (Å²) in [7, 11) is 1.39. The Balaban J connectivity index is 2.31. The standard InChI is InChI=1S/C11H14N2O2/c1-15-11(14)8-2-3-10-9(6-8)7-12-4-5-13-10/h2-3,6,12-13H,4-5,7H2,1H3. The van der Waals surface area contributed by atoms with Crippen molar-refractivity contribution in [2.24, 2.45) is 0 Å². The Labute approximate surface area is 88.6 Å². The van der Waals surface area contributed by atoms with E-state index < -0.39 is 0 Å². The largest absolute Gasteiger partial charge is 0.465 e. The maximum Gasteiger partial charge on any atom is 0.337 e. The SMILES string of the molecule is COC(=O)c1ccc2c(c1)CNCCN2. The molecule has 0 radical (unpaired) electrons. The number of carbonyl (C=O) groups is 1. The zero-order valence-corrected chi connectivity index (χ0v) is 8.67. The van der Waals surface area contributed by atoms with E-state index in [1.54, 1.807) is 6.07 Å². The van der Waals surface area contributed by atoms with Crippen molar-refractivity contribution in [2.45, 2.75) is 6.54 Å². The molecule has 2 rings (SSSR count). The lowest BCUT2D eigenvalue weighted by atomic mass is 10.1. The van der Waals surface area contributed by atoms with E-state index >= 15 is 0 Å². The molecule has 4 nitrogen and oxygen atoms in total. The fraction of sp³-hybridized carbons (Fsp3) is 0.364. The van der Waals surface area contributed by atoms with Crippen molar-refractivity contribution in [1.82, 2.24) is 5.32 Å². The summed E-state index contributed by atoms with van der Waals surface area (Å²) >= 11 is 0.